The Morgan fingerprint density at radius 2 is 1.63 bits per heavy atom. The summed E-state index contributed by atoms with van der Waals surface area (Å²) in [6, 6.07) is 24.7. The van der Waals surface area contributed by atoms with Gasteiger partial charge in [-0.3, -0.25) is 4.79 Å². The van der Waals surface area contributed by atoms with E-state index in [0.717, 1.165) is 17.0 Å². The molecule has 0 fully saturated rings. The van der Waals surface area contributed by atoms with E-state index in [1.165, 1.54) is 0 Å². The summed E-state index contributed by atoms with van der Waals surface area (Å²) in [7, 11) is 0. The zero-order chi connectivity index (χ0) is 19.1. The number of hydrogen-bond donors (Lipinski definition) is 1. The van der Waals surface area contributed by atoms with Crippen LogP contribution in [-0.4, -0.2) is 12.4 Å². The van der Waals surface area contributed by atoms with Gasteiger partial charge in [-0.05, 0) is 61.0 Å². The highest BCUT2D eigenvalue weighted by atomic mass is 35.5. The van der Waals surface area contributed by atoms with Crippen LogP contribution in [0.2, 0.25) is 5.02 Å². The van der Waals surface area contributed by atoms with Gasteiger partial charge in [0.15, 0.2) is 5.78 Å². The van der Waals surface area contributed by atoms with E-state index in [2.05, 4.69) is 5.32 Å². The predicted octanol–water partition coefficient (Wildman–Crippen LogP) is 6.16. The van der Waals surface area contributed by atoms with Gasteiger partial charge in [-0.15, -0.1) is 0 Å². The maximum absolute atomic E-state index is 12.8. The van der Waals surface area contributed by atoms with E-state index in [1.807, 2.05) is 61.5 Å². The molecule has 1 unspecified atom stereocenters. The van der Waals surface area contributed by atoms with Crippen LogP contribution in [0.15, 0.2) is 78.9 Å². The zero-order valence-corrected chi connectivity index (χ0v) is 15.9. The maximum atomic E-state index is 12.8. The van der Waals surface area contributed by atoms with Crippen LogP contribution in [-0.2, 0) is 0 Å². The van der Waals surface area contributed by atoms with Gasteiger partial charge in [0.25, 0.3) is 0 Å². The molecule has 0 radical (unpaired) electrons. The molecule has 4 heteroatoms. The van der Waals surface area contributed by atoms with Crippen molar-refractivity contribution in [2.45, 2.75) is 19.4 Å². The highest BCUT2D eigenvalue weighted by Crippen LogP contribution is 2.26. The molecule has 1 N–H and O–H groups in total. The Bertz CT molecular complexity index is 861. The van der Waals surface area contributed by atoms with Gasteiger partial charge in [-0.1, -0.05) is 41.9 Å². The monoisotopic (exact) mass is 379 g/mol. The Kier molecular flexibility index (Phi) is 6.50. The molecule has 3 aromatic carbocycles. The molecule has 0 amide bonds. The molecule has 0 bridgehead atoms. The van der Waals surface area contributed by atoms with Gasteiger partial charge in [0.2, 0.25) is 0 Å². The highest BCUT2D eigenvalue weighted by molar-refractivity contribution is 6.30. The largest absolute Gasteiger partial charge is 0.494 e. The number of halogens is 1. The number of hydrogen-bond acceptors (Lipinski definition) is 3. The van der Waals surface area contributed by atoms with E-state index < -0.39 is 0 Å². The lowest BCUT2D eigenvalue weighted by Gasteiger charge is -2.20. The van der Waals surface area contributed by atoms with Crippen molar-refractivity contribution in [2.24, 2.45) is 0 Å². The van der Waals surface area contributed by atoms with Crippen LogP contribution >= 0.6 is 11.6 Å². The van der Waals surface area contributed by atoms with Crippen molar-refractivity contribution in [1.29, 1.82) is 0 Å². The van der Waals surface area contributed by atoms with Crippen molar-refractivity contribution in [3.8, 4) is 5.75 Å². The molecule has 138 valence electrons. The number of ketones is 1. The third-order valence-electron chi connectivity index (χ3n) is 4.26. The standard InChI is InChI=1S/C23H22ClNO2/c1-2-27-21-14-12-20(13-15-21)25-22(17-6-4-3-5-7-17)16-23(26)18-8-10-19(24)11-9-18/h3-15,22,25H,2,16H2,1H3. The number of nitrogens with one attached hydrogen (secondary N) is 1. The third kappa shape index (κ3) is 5.35. The summed E-state index contributed by atoms with van der Waals surface area (Å²) >= 11 is 5.93. The van der Waals surface area contributed by atoms with E-state index in [-0.39, 0.29) is 11.8 Å². The summed E-state index contributed by atoms with van der Waals surface area (Å²) in [5.74, 6) is 0.899. The first kappa shape index (κ1) is 19.0. The second-order valence-corrected chi connectivity index (χ2v) is 6.64. The van der Waals surface area contributed by atoms with Gasteiger partial charge in [-0.2, -0.15) is 0 Å². The Hall–Kier alpha value is -2.78. The molecule has 0 aliphatic rings. The Balaban J connectivity index is 1.78. The first-order valence-electron chi connectivity index (χ1n) is 8.99. The minimum Gasteiger partial charge on any atom is -0.494 e. The molecular weight excluding hydrogens is 358 g/mol. The minimum atomic E-state index is -0.132. The second-order valence-electron chi connectivity index (χ2n) is 6.20. The van der Waals surface area contributed by atoms with Crippen LogP contribution in [0.1, 0.15) is 35.3 Å². The van der Waals surface area contributed by atoms with Crippen molar-refractivity contribution < 1.29 is 9.53 Å². The molecule has 0 saturated heterocycles. The molecule has 3 rings (SSSR count). The van der Waals surface area contributed by atoms with Crippen molar-refractivity contribution in [1.82, 2.24) is 0 Å². The first-order valence-corrected chi connectivity index (χ1v) is 9.36. The molecule has 0 aliphatic heterocycles. The summed E-state index contributed by atoms with van der Waals surface area (Å²) in [6.45, 7) is 2.59. The Morgan fingerprint density at radius 1 is 0.963 bits per heavy atom. The van der Waals surface area contributed by atoms with Crippen LogP contribution in [0.25, 0.3) is 0 Å². The SMILES string of the molecule is CCOc1ccc(NC(CC(=O)c2ccc(Cl)cc2)c2ccccc2)cc1. The summed E-state index contributed by atoms with van der Waals surface area (Å²) in [5.41, 5.74) is 2.67. The van der Waals surface area contributed by atoms with Crippen molar-refractivity contribution in [3.63, 3.8) is 0 Å². The Morgan fingerprint density at radius 3 is 2.26 bits per heavy atom. The summed E-state index contributed by atoms with van der Waals surface area (Å²) in [5, 5.41) is 4.10. The molecule has 3 aromatic rings. The summed E-state index contributed by atoms with van der Waals surface area (Å²) < 4.78 is 5.49. The fourth-order valence-corrected chi connectivity index (χ4v) is 3.02. The first-order chi connectivity index (χ1) is 13.2. The number of ether oxygens (including phenoxy) is 1. The maximum Gasteiger partial charge on any atom is 0.165 e. The van der Waals surface area contributed by atoms with E-state index >= 15 is 0 Å². The van der Waals surface area contributed by atoms with Gasteiger partial charge < -0.3 is 10.1 Å². The topological polar surface area (TPSA) is 38.3 Å². The van der Waals surface area contributed by atoms with Gasteiger partial charge in [-0.25, -0.2) is 0 Å². The van der Waals surface area contributed by atoms with E-state index in [4.69, 9.17) is 16.3 Å². The van der Waals surface area contributed by atoms with Gasteiger partial charge >= 0.3 is 0 Å². The molecule has 0 spiro atoms. The third-order valence-corrected chi connectivity index (χ3v) is 4.52. The van der Waals surface area contributed by atoms with Crippen molar-refractivity contribution in [2.75, 3.05) is 11.9 Å². The van der Waals surface area contributed by atoms with Gasteiger partial charge in [0, 0.05) is 22.7 Å². The van der Waals surface area contributed by atoms with Crippen LogP contribution < -0.4 is 10.1 Å². The lowest BCUT2D eigenvalue weighted by atomic mass is 9.97. The summed E-state index contributed by atoms with van der Waals surface area (Å²) in [4.78, 5) is 12.8. The minimum absolute atomic E-state index is 0.0685. The van der Waals surface area contributed by atoms with Gasteiger partial charge in [0.1, 0.15) is 5.75 Å². The molecule has 1 atom stereocenters. The average Bonchev–Trinajstić information content (AvgIpc) is 2.70. The van der Waals surface area contributed by atoms with Crippen LogP contribution in [0.4, 0.5) is 5.69 Å². The molecule has 3 nitrogen and oxygen atoms in total. The fraction of sp³-hybridized carbons (Fsp3) is 0.174. The van der Waals surface area contributed by atoms with Crippen molar-refractivity contribution in [3.05, 3.63) is 95.0 Å². The lowest BCUT2D eigenvalue weighted by molar-refractivity contribution is 0.0976. The second kappa shape index (κ2) is 9.24. The van der Waals surface area contributed by atoms with Crippen molar-refractivity contribution >= 4 is 23.1 Å². The highest BCUT2D eigenvalue weighted by Gasteiger charge is 2.17. The smallest absolute Gasteiger partial charge is 0.165 e. The number of carbonyl (C=O) groups is 1. The van der Waals surface area contributed by atoms with E-state index in [0.29, 0.717) is 23.6 Å². The number of carbonyl (C=O) groups excluding carboxylic acids is 1. The number of anilines is 1. The molecular formula is C23H22ClNO2. The molecule has 27 heavy (non-hydrogen) atoms. The quantitative estimate of drug-likeness (QED) is 0.476. The lowest BCUT2D eigenvalue weighted by Crippen LogP contribution is -2.15. The molecule has 0 aliphatic carbocycles. The van der Waals surface area contributed by atoms with E-state index in [1.54, 1.807) is 24.3 Å². The van der Waals surface area contributed by atoms with Crippen LogP contribution in [0.3, 0.4) is 0 Å². The van der Waals surface area contributed by atoms with Crippen LogP contribution in [0, 0.1) is 0 Å². The summed E-state index contributed by atoms with van der Waals surface area (Å²) in [6.07, 6.45) is 0.346. The average molecular weight is 380 g/mol. The van der Waals surface area contributed by atoms with E-state index in [9.17, 15) is 4.79 Å². The number of rotatable bonds is 8. The normalized spacial score (nSPS) is 11.6. The zero-order valence-electron chi connectivity index (χ0n) is 15.2. The molecule has 0 heterocycles. The molecule has 0 saturated carbocycles. The molecule has 0 aromatic heterocycles. The number of benzene rings is 3. The Labute approximate surface area is 164 Å². The van der Waals surface area contributed by atoms with Crippen LogP contribution in [0.5, 0.6) is 5.75 Å². The fourth-order valence-electron chi connectivity index (χ4n) is 2.89. The number of Topliss-reactive ketones (excluding diaryl/α,β-unsaturated/α-hetero) is 1. The predicted molar refractivity (Wildman–Crippen MR) is 111 cm³/mol. The van der Waals surface area contributed by atoms with Gasteiger partial charge in [0.05, 0.1) is 12.6 Å².